The molecule has 1 aromatic carbocycles. The van der Waals surface area contributed by atoms with E-state index in [4.69, 9.17) is 4.74 Å². The van der Waals surface area contributed by atoms with Gasteiger partial charge in [-0.3, -0.25) is 15.0 Å². The van der Waals surface area contributed by atoms with Gasteiger partial charge in [-0.05, 0) is 24.8 Å². The number of hydrogen-bond donors (Lipinski definition) is 2. The summed E-state index contributed by atoms with van der Waals surface area (Å²) in [5.74, 6) is -1.02. The fourth-order valence-electron chi connectivity index (χ4n) is 3.20. The van der Waals surface area contributed by atoms with Crippen molar-refractivity contribution < 1.29 is 19.1 Å². The van der Waals surface area contributed by atoms with Crippen LogP contribution >= 0.6 is 0 Å². The van der Waals surface area contributed by atoms with Gasteiger partial charge in [-0.1, -0.05) is 37.3 Å². The van der Waals surface area contributed by atoms with Crippen molar-refractivity contribution in [2.75, 3.05) is 13.2 Å². The number of nitrogens with one attached hydrogen (secondary N) is 2. The fourth-order valence-corrected chi connectivity index (χ4v) is 3.20. The molecule has 7 nitrogen and oxygen atoms in total. The molecule has 0 aromatic heterocycles. The minimum atomic E-state index is -1.14. The number of hydrogen-bond acceptors (Lipinski definition) is 4. The zero-order chi connectivity index (χ0) is 17.2. The van der Waals surface area contributed by atoms with Crippen LogP contribution in [0.2, 0.25) is 0 Å². The molecule has 2 N–H and O–H groups in total. The smallest absolute Gasteiger partial charge is 0.344 e. The molecule has 4 amide bonds. The zero-order valence-electron chi connectivity index (χ0n) is 13.6. The first-order chi connectivity index (χ1) is 11.6. The van der Waals surface area contributed by atoms with E-state index < -0.39 is 17.5 Å². The average Bonchev–Trinajstić information content (AvgIpc) is 2.88. The molecule has 0 saturated carbocycles. The second-order valence-electron chi connectivity index (χ2n) is 6.06. The molecule has 128 valence electrons. The summed E-state index contributed by atoms with van der Waals surface area (Å²) in [6.45, 7) is 2.86. The lowest BCUT2D eigenvalue weighted by atomic mass is 9.87. The molecule has 2 aliphatic heterocycles. The van der Waals surface area contributed by atoms with Gasteiger partial charge in [0.15, 0.2) is 0 Å². The van der Waals surface area contributed by atoms with E-state index in [-0.39, 0.29) is 11.8 Å². The Morgan fingerprint density at radius 3 is 2.58 bits per heavy atom. The van der Waals surface area contributed by atoms with Crippen LogP contribution in [0.4, 0.5) is 4.79 Å². The molecule has 0 unspecified atom stereocenters. The third kappa shape index (κ3) is 2.75. The number of benzene rings is 1. The summed E-state index contributed by atoms with van der Waals surface area (Å²) in [7, 11) is 0. The van der Waals surface area contributed by atoms with Gasteiger partial charge in [0.05, 0.1) is 0 Å². The van der Waals surface area contributed by atoms with Crippen LogP contribution < -0.4 is 10.7 Å². The Hall–Kier alpha value is -2.41. The van der Waals surface area contributed by atoms with Crippen molar-refractivity contribution >= 4 is 17.8 Å². The second kappa shape index (κ2) is 6.60. The summed E-state index contributed by atoms with van der Waals surface area (Å²) in [6, 6.07) is 8.46. The molecule has 2 aliphatic rings. The van der Waals surface area contributed by atoms with Crippen molar-refractivity contribution in [2.45, 2.75) is 31.7 Å². The molecule has 0 spiro atoms. The van der Waals surface area contributed by atoms with Crippen LogP contribution in [-0.4, -0.2) is 36.1 Å². The van der Waals surface area contributed by atoms with E-state index in [1.807, 2.05) is 25.1 Å². The molecule has 1 aromatic rings. The van der Waals surface area contributed by atoms with Crippen LogP contribution in [0, 0.1) is 5.92 Å². The highest BCUT2D eigenvalue weighted by atomic mass is 16.5. The van der Waals surface area contributed by atoms with Crippen LogP contribution in [0.15, 0.2) is 30.3 Å². The van der Waals surface area contributed by atoms with Gasteiger partial charge >= 0.3 is 6.03 Å². The van der Waals surface area contributed by atoms with Crippen molar-refractivity contribution in [2.24, 2.45) is 5.92 Å². The number of carbonyl (C=O) groups is 3. The highest BCUT2D eigenvalue weighted by Crippen LogP contribution is 2.31. The maximum atomic E-state index is 12.9. The molecular weight excluding hydrogens is 310 g/mol. The van der Waals surface area contributed by atoms with Crippen LogP contribution in [-0.2, 0) is 19.9 Å². The van der Waals surface area contributed by atoms with Crippen molar-refractivity contribution in [3.8, 4) is 0 Å². The van der Waals surface area contributed by atoms with E-state index >= 15 is 0 Å². The second-order valence-corrected chi connectivity index (χ2v) is 6.06. The minimum Gasteiger partial charge on any atom is -0.381 e. The summed E-state index contributed by atoms with van der Waals surface area (Å²) in [5.41, 5.74) is 2.05. The van der Waals surface area contributed by atoms with E-state index in [0.717, 1.165) is 5.01 Å². The maximum Gasteiger partial charge on any atom is 0.344 e. The van der Waals surface area contributed by atoms with Gasteiger partial charge in [0.2, 0.25) is 5.91 Å². The Kier molecular flexibility index (Phi) is 4.53. The predicted octanol–water partition coefficient (Wildman–Crippen LogP) is 1.30. The van der Waals surface area contributed by atoms with Crippen molar-refractivity contribution in [3.05, 3.63) is 35.9 Å². The highest BCUT2D eigenvalue weighted by Gasteiger charge is 2.52. The van der Waals surface area contributed by atoms with Gasteiger partial charge in [-0.15, -0.1) is 0 Å². The monoisotopic (exact) mass is 331 g/mol. The lowest BCUT2D eigenvalue weighted by Crippen LogP contribution is -2.50. The molecule has 7 heteroatoms. The largest absolute Gasteiger partial charge is 0.381 e. The summed E-state index contributed by atoms with van der Waals surface area (Å²) >= 11 is 0. The summed E-state index contributed by atoms with van der Waals surface area (Å²) < 4.78 is 5.23. The lowest BCUT2D eigenvalue weighted by Gasteiger charge is -2.26. The molecule has 0 bridgehead atoms. The Bertz CT molecular complexity index is 642. The maximum absolute atomic E-state index is 12.9. The molecule has 3 rings (SSSR count). The third-order valence-electron chi connectivity index (χ3n) is 4.70. The fraction of sp³-hybridized carbons (Fsp3) is 0.471. The van der Waals surface area contributed by atoms with E-state index in [1.165, 1.54) is 0 Å². The molecule has 2 fully saturated rings. The van der Waals surface area contributed by atoms with Crippen LogP contribution in [0.25, 0.3) is 0 Å². The first-order valence-electron chi connectivity index (χ1n) is 8.19. The molecule has 2 heterocycles. The number of hydrazine groups is 1. The van der Waals surface area contributed by atoms with E-state index in [9.17, 15) is 14.4 Å². The average molecular weight is 331 g/mol. The van der Waals surface area contributed by atoms with Gasteiger partial charge in [0.25, 0.3) is 5.91 Å². The van der Waals surface area contributed by atoms with Gasteiger partial charge in [-0.2, -0.15) is 5.01 Å². The minimum absolute atomic E-state index is 0.243. The number of carbonyl (C=O) groups excluding carboxylic acids is 3. The zero-order valence-corrected chi connectivity index (χ0v) is 13.6. The topological polar surface area (TPSA) is 87.7 Å². The number of amides is 4. The van der Waals surface area contributed by atoms with E-state index in [1.54, 1.807) is 12.1 Å². The molecular formula is C17H21N3O4. The molecule has 0 radical (unpaired) electrons. The van der Waals surface area contributed by atoms with Gasteiger partial charge in [0.1, 0.15) is 5.54 Å². The first kappa shape index (κ1) is 16.4. The van der Waals surface area contributed by atoms with Gasteiger partial charge in [-0.25, -0.2) is 4.79 Å². The third-order valence-corrected chi connectivity index (χ3v) is 4.70. The Morgan fingerprint density at radius 1 is 1.29 bits per heavy atom. The van der Waals surface area contributed by atoms with E-state index in [0.29, 0.717) is 38.0 Å². The SMILES string of the molecule is CC[C@@]1(c2ccccc2)NC(=O)N(NC(=O)C2CCOCC2)C1=O. The molecule has 24 heavy (non-hydrogen) atoms. The van der Waals surface area contributed by atoms with E-state index in [2.05, 4.69) is 10.7 Å². The van der Waals surface area contributed by atoms with Gasteiger partial charge in [0, 0.05) is 19.1 Å². The first-order valence-corrected chi connectivity index (χ1v) is 8.19. The number of ether oxygens (including phenoxy) is 1. The van der Waals surface area contributed by atoms with Crippen LogP contribution in [0.1, 0.15) is 31.7 Å². The quantitative estimate of drug-likeness (QED) is 0.814. The molecule has 1 atom stereocenters. The lowest BCUT2D eigenvalue weighted by molar-refractivity contribution is -0.142. The van der Waals surface area contributed by atoms with Crippen molar-refractivity contribution in [1.29, 1.82) is 0 Å². The normalized spacial score (nSPS) is 24.8. The number of urea groups is 1. The predicted molar refractivity (Wildman–Crippen MR) is 85.5 cm³/mol. The molecule has 2 saturated heterocycles. The number of nitrogens with zero attached hydrogens (tertiary/aromatic N) is 1. The van der Waals surface area contributed by atoms with Crippen molar-refractivity contribution in [1.82, 2.24) is 15.8 Å². The summed E-state index contributed by atoms with van der Waals surface area (Å²) in [5, 5.41) is 3.55. The van der Waals surface area contributed by atoms with Crippen molar-refractivity contribution in [3.63, 3.8) is 0 Å². The highest BCUT2D eigenvalue weighted by molar-refractivity contribution is 6.08. The number of rotatable bonds is 4. The molecule has 0 aliphatic carbocycles. The Labute approximate surface area is 140 Å². The van der Waals surface area contributed by atoms with Gasteiger partial charge < -0.3 is 10.1 Å². The number of imide groups is 1. The Morgan fingerprint density at radius 2 is 1.96 bits per heavy atom. The summed E-state index contributed by atoms with van der Waals surface area (Å²) in [6.07, 6.45) is 1.57. The van der Waals surface area contributed by atoms with Crippen LogP contribution in [0.3, 0.4) is 0 Å². The Balaban J connectivity index is 1.79. The van der Waals surface area contributed by atoms with Crippen LogP contribution in [0.5, 0.6) is 0 Å². The summed E-state index contributed by atoms with van der Waals surface area (Å²) in [4.78, 5) is 37.5. The standard InChI is InChI=1S/C17H21N3O4/c1-2-17(13-6-4-3-5-7-13)15(22)20(16(23)18-17)19-14(21)12-8-10-24-11-9-12/h3-7,12H,2,8-11H2,1H3,(H,18,23)(H,19,21)/t17-/m0/s1.